The predicted octanol–water partition coefficient (Wildman–Crippen LogP) is 4.05. The molecule has 112 valence electrons. The summed E-state index contributed by atoms with van der Waals surface area (Å²) in [5, 5.41) is 13.9. The van der Waals surface area contributed by atoms with Gasteiger partial charge in [-0.15, -0.1) is 0 Å². The Bertz CT molecular complexity index is 640. The number of nitrogens with zero attached hydrogens (tertiary/aromatic N) is 1. The van der Waals surface area contributed by atoms with Crippen molar-refractivity contribution in [2.24, 2.45) is 0 Å². The molecule has 0 saturated carbocycles. The van der Waals surface area contributed by atoms with Gasteiger partial charge in [0.2, 0.25) is 0 Å². The number of furan rings is 1. The summed E-state index contributed by atoms with van der Waals surface area (Å²) < 4.78 is 19.6. The van der Waals surface area contributed by atoms with Gasteiger partial charge in [-0.2, -0.15) is 0 Å². The van der Waals surface area contributed by atoms with Crippen molar-refractivity contribution in [3.05, 3.63) is 52.0 Å². The fourth-order valence-corrected chi connectivity index (χ4v) is 2.01. The number of hydrogen-bond donors (Lipinski definition) is 1. The molecular formula is C15H17FN2O3. The summed E-state index contributed by atoms with van der Waals surface area (Å²) in [6.45, 7) is 4.90. The molecule has 0 aliphatic rings. The van der Waals surface area contributed by atoms with E-state index in [2.05, 4.69) is 12.2 Å². The average molecular weight is 292 g/mol. The molecule has 2 rings (SSSR count). The average Bonchev–Trinajstić information content (AvgIpc) is 2.94. The zero-order valence-corrected chi connectivity index (χ0v) is 11.9. The van der Waals surface area contributed by atoms with Crippen LogP contribution in [0.5, 0.6) is 0 Å². The van der Waals surface area contributed by atoms with E-state index in [-0.39, 0.29) is 17.3 Å². The van der Waals surface area contributed by atoms with Crippen molar-refractivity contribution in [2.75, 3.05) is 6.54 Å². The molecule has 1 atom stereocenters. The number of benzene rings is 1. The Balaban J connectivity index is 2.23. The van der Waals surface area contributed by atoms with Gasteiger partial charge in [-0.1, -0.05) is 6.92 Å². The van der Waals surface area contributed by atoms with E-state index in [1.165, 1.54) is 12.1 Å². The van der Waals surface area contributed by atoms with E-state index in [4.69, 9.17) is 4.42 Å². The second-order valence-corrected chi connectivity index (χ2v) is 4.80. The molecule has 2 aromatic rings. The number of nitrogens with one attached hydrogen (secondary N) is 1. The SMILES string of the molecule is CCCNC(C)c1ccc(-c2ccc([N+](=O)[O-])cc2F)o1. The summed E-state index contributed by atoms with van der Waals surface area (Å²) in [5.41, 5.74) is -0.0597. The Labute approximate surface area is 121 Å². The molecule has 0 bridgehead atoms. The van der Waals surface area contributed by atoms with Crippen molar-refractivity contribution >= 4 is 5.69 Å². The fraction of sp³-hybridized carbons (Fsp3) is 0.333. The zero-order valence-electron chi connectivity index (χ0n) is 11.9. The predicted molar refractivity (Wildman–Crippen MR) is 77.5 cm³/mol. The third-order valence-electron chi connectivity index (χ3n) is 3.18. The highest BCUT2D eigenvalue weighted by Gasteiger charge is 2.16. The van der Waals surface area contributed by atoms with Gasteiger partial charge in [0.1, 0.15) is 17.3 Å². The molecule has 0 radical (unpaired) electrons. The zero-order chi connectivity index (χ0) is 15.4. The van der Waals surface area contributed by atoms with Gasteiger partial charge >= 0.3 is 0 Å². The van der Waals surface area contributed by atoms with Gasteiger partial charge in [-0.05, 0) is 38.1 Å². The molecule has 1 unspecified atom stereocenters. The summed E-state index contributed by atoms with van der Waals surface area (Å²) in [6.07, 6.45) is 1.01. The van der Waals surface area contributed by atoms with Crippen molar-refractivity contribution in [3.63, 3.8) is 0 Å². The first-order valence-corrected chi connectivity index (χ1v) is 6.80. The number of non-ortho nitro benzene ring substituents is 1. The highest BCUT2D eigenvalue weighted by atomic mass is 19.1. The van der Waals surface area contributed by atoms with Crippen LogP contribution in [0, 0.1) is 15.9 Å². The van der Waals surface area contributed by atoms with Crippen molar-refractivity contribution in [3.8, 4) is 11.3 Å². The summed E-state index contributed by atoms with van der Waals surface area (Å²) in [6, 6.07) is 7.00. The van der Waals surface area contributed by atoms with Crippen LogP contribution < -0.4 is 5.32 Å². The first kappa shape index (κ1) is 15.2. The van der Waals surface area contributed by atoms with Gasteiger partial charge < -0.3 is 9.73 Å². The van der Waals surface area contributed by atoms with Crippen molar-refractivity contribution in [2.45, 2.75) is 26.3 Å². The molecule has 1 aromatic heterocycles. The van der Waals surface area contributed by atoms with Crippen LogP contribution in [-0.2, 0) is 0 Å². The lowest BCUT2D eigenvalue weighted by Gasteiger charge is -2.09. The Morgan fingerprint density at radius 3 is 2.76 bits per heavy atom. The molecule has 1 N–H and O–H groups in total. The first-order chi connectivity index (χ1) is 10.0. The van der Waals surface area contributed by atoms with Gasteiger partial charge in [-0.25, -0.2) is 4.39 Å². The lowest BCUT2D eigenvalue weighted by molar-refractivity contribution is -0.385. The molecule has 1 aromatic carbocycles. The molecule has 21 heavy (non-hydrogen) atoms. The van der Waals surface area contributed by atoms with Gasteiger partial charge in [0.15, 0.2) is 0 Å². The smallest absolute Gasteiger partial charge is 0.272 e. The highest BCUT2D eigenvalue weighted by molar-refractivity contribution is 5.60. The molecular weight excluding hydrogens is 275 g/mol. The normalized spacial score (nSPS) is 12.3. The van der Waals surface area contributed by atoms with Crippen LogP contribution in [0.15, 0.2) is 34.7 Å². The molecule has 5 nitrogen and oxygen atoms in total. The topological polar surface area (TPSA) is 68.3 Å². The third-order valence-corrected chi connectivity index (χ3v) is 3.18. The van der Waals surface area contributed by atoms with Gasteiger partial charge in [0.05, 0.1) is 22.6 Å². The molecule has 0 amide bonds. The van der Waals surface area contributed by atoms with Crippen molar-refractivity contribution < 1.29 is 13.7 Å². The van der Waals surface area contributed by atoms with E-state index in [1.54, 1.807) is 12.1 Å². The maximum absolute atomic E-state index is 13.9. The quantitative estimate of drug-likeness (QED) is 0.644. The largest absolute Gasteiger partial charge is 0.459 e. The standard InChI is InChI=1S/C15H17FN2O3/c1-3-8-17-10(2)14-6-7-15(21-14)12-5-4-11(18(19)20)9-13(12)16/h4-7,9-10,17H,3,8H2,1-2H3. The minimum Gasteiger partial charge on any atom is -0.459 e. The molecule has 6 heteroatoms. The maximum Gasteiger partial charge on any atom is 0.272 e. The Morgan fingerprint density at radius 1 is 1.38 bits per heavy atom. The van der Waals surface area contributed by atoms with Crippen LogP contribution in [0.3, 0.4) is 0 Å². The first-order valence-electron chi connectivity index (χ1n) is 6.80. The Kier molecular flexibility index (Phi) is 4.70. The minimum absolute atomic E-state index is 0.0276. The number of nitro benzene ring substituents is 1. The van der Waals surface area contributed by atoms with Crippen molar-refractivity contribution in [1.82, 2.24) is 5.32 Å². The summed E-state index contributed by atoms with van der Waals surface area (Å²) in [7, 11) is 0. The highest BCUT2D eigenvalue weighted by Crippen LogP contribution is 2.29. The third kappa shape index (κ3) is 3.46. The van der Waals surface area contributed by atoms with Crippen LogP contribution in [0.2, 0.25) is 0 Å². The van der Waals surface area contributed by atoms with E-state index in [1.807, 2.05) is 6.92 Å². The van der Waals surface area contributed by atoms with Crippen LogP contribution in [0.4, 0.5) is 10.1 Å². The van der Waals surface area contributed by atoms with E-state index in [9.17, 15) is 14.5 Å². The number of nitro groups is 1. The summed E-state index contributed by atoms with van der Waals surface area (Å²) in [5.74, 6) is 0.401. The summed E-state index contributed by atoms with van der Waals surface area (Å²) in [4.78, 5) is 9.97. The minimum atomic E-state index is -0.667. The van der Waals surface area contributed by atoms with Crippen LogP contribution in [0.1, 0.15) is 32.1 Å². The number of rotatable bonds is 6. The van der Waals surface area contributed by atoms with Crippen LogP contribution in [0.25, 0.3) is 11.3 Å². The monoisotopic (exact) mass is 292 g/mol. The maximum atomic E-state index is 13.9. The lowest BCUT2D eigenvalue weighted by Crippen LogP contribution is -2.18. The molecule has 0 fully saturated rings. The fourth-order valence-electron chi connectivity index (χ4n) is 2.01. The lowest BCUT2D eigenvalue weighted by atomic mass is 10.1. The molecule has 0 spiro atoms. The van der Waals surface area contributed by atoms with Crippen LogP contribution >= 0.6 is 0 Å². The second kappa shape index (κ2) is 6.49. The van der Waals surface area contributed by atoms with E-state index in [0.717, 1.165) is 19.0 Å². The molecule has 0 saturated heterocycles. The van der Waals surface area contributed by atoms with Gasteiger partial charge in [-0.3, -0.25) is 10.1 Å². The second-order valence-electron chi connectivity index (χ2n) is 4.80. The van der Waals surface area contributed by atoms with E-state index < -0.39 is 10.7 Å². The Hall–Kier alpha value is -2.21. The summed E-state index contributed by atoms with van der Waals surface area (Å²) >= 11 is 0. The van der Waals surface area contributed by atoms with Gasteiger partial charge in [0, 0.05) is 6.07 Å². The molecule has 0 aliphatic heterocycles. The van der Waals surface area contributed by atoms with E-state index >= 15 is 0 Å². The molecule has 1 heterocycles. The number of hydrogen-bond acceptors (Lipinski definition) is 4. The van der Waals surface area contributed by atoms with Gasteiger partial charge in [0.25, 0.3) is 5.69 Å². The Morgan fingerprint density at radius 2 is 2.14 bits per heavy atom. The number of halogens is 1. The van der Waals surface area contributed by atoms with E-state index in [0.29, 0.717) is 11.5 Å². The molecule has 0 aliphatic carbocycles. The van der Waals surface area contributed by atoms with Crippen molar-refractivity contribution in [1.29, 1.82) is 0 Å². The van der Waals surface area contributed by atoms with Crippen LogP contribution in [-0.4, -0.2) is 11.5 Å².